The zero-order valence-corrected chi connectivity index (χ0v) is 14.3. The minimum Gasteiger partial charge on any atom is -0.325 e. The van der Waals surface area contributed by atoms with Crippen LogP contribution in [0.25, 0.3) is 0 Å². The van der Waals surface area contributed by atoms with Crippen molar-refractivity contribution in [2.24, 2.45) is 0 Å². The summed E-state index contributed by atoms with van der Waals surface area (Å²) in [5.74, 6) is 5.83. The van der Waals surface area contributed by atoms with Crippen LogP contribution >= 0.6 is 11.8 Å². The molecule has 0 aliphatic carbocycles. The maximum Gasteiger partial charge on any atom is 0.416 e. The first-order chi connectivity index (χ1) is 11.8. The van der Waals surface area contributed by atoms with E-state index in [0.717, 1.165) is 36.7 Å². The number of nitrogens with one attached hydrogen (secondary N) is 1. The van der Waals surface area contributed by atoms with Crippen LogP contribution in [-0.2, 0) is 17.4 Å². The van der Waals surface area contributed by atoms with Crippen LogP contribution in [0.4, 0.5) is 18.9 Å². The molecule has 10 heteroatoms. The number of nitrogens with zero attached hydrogens (tertiary/aromatic N) is 3. The molecule has 0 bridgehead atoms. The van der Waals surface area contributed by atoms with Gasteiger partial charge in [-0.2, -0.15) is 18.0 Å². The van der Waals surface area contributed by atoms with Crippen molar-refractivity contribution in [2.45, 2.75) is 37.5 Å². The van der Waals surface area contributed by atoms with Crippen molar-refractivity contribution in [3.05, 3.63) is 35.7 Å². The molecule has 136 valence electrons. The van der Waals surface area contributed by atoms with Crippen molar-refractivity contribution in [1.29, 1.82) is 0 Å². The number of unbranched alkanes of at least 4 members (excludes halogenated alkanes) is 1. The lowest BCUT2D eigenvalue weighted by molar-refractivity contribution is -0.137. The maximum atomic E-state index is 12.7. The summed E-state index contributed by atoms with van der Waals surface area (Å²) >= 11 is 1.07. The summed E-state index contributed by atoms with van der Waals surface area (Å²) in [4.78, 5) is 17.3. The Labute approximate surface area is 147 Å². The van der Waals surface area contributed by atoms with Crippen LogP contribution in [0.5, 0.6) is 0 Å². The van der Waals surface area contributed by atoms with E-state index in [2.05, 4.69) is 15.4 Å². The number of amides is 1. The lowest BCUT2D eigenvalue weighted by Gasteiger charge is -2.09. The lowest BCUT2D eigenvalue weighted by atomic mass is 10.2. The standard InChI is InChI=1S/C15H18F3N5OS/c1-2-3-7-12-21-14(22-23(12)19)25-9-13(24)20-11-6-4-5-10(8-11)15(16,17)18/h4-6,8H,2-3,7,9,19H2,1H3,(H,20,24). The van der Waals surface area contributed by atoms with Gasteiger partial charge in [0.25, 0.3) is 0 Å². The Morgan fingerprint density at radius 1 is 1.40 bits per heavy atom. The number of nitrogens with two attached hydrogens (primary N) is 1. The average Bonchev–Trinajstić information content (AvgIpc) is 2.90. The van der Waals surface area contributed by atoms with Crippen LogP contribution in [-0.4, -0.2) is 26.5 Å². The predicted molar refractivity (Wildman–Crippen MR) is 89.6 cm³/mol. The van der Waals surface area contributed by atoms with Crippen molar-refractivity contribution in [1.82, 2.24) is 14.9 Å². The monoisotopic (exact) mass is 373 g/mol. The van der Waals surface area contributed by atoms with Gasteiger partial charge in [0, 0.05) is 12.1 Å². The number of carbonyl (C=O) groups excluding carboxylic acids is 1. The van der Waals surface area contributed by atoms with Crippen LogP contribution < -0.4 is 11.2 Å². The summed E-state index contributed by atoms with van der Waals surface area (Å²) in [6.45, 7) is 2.05. The van der Waals surface area contributed by atoms with E-state index in [4.69, 9.17) is 5.84 Å². The lowest BCUT2D eigenvalue weighted by Crippen LogP contribution is -2.15. The normalized spacial score (nSPS) is 11.5. The van der Waals surface area contributed by atoms with Crippen molar-refractivity contribution < 1.29 is 18.0 Å². The number of benzene rings is 1. The van der Waals surface area contributed by atoms with E-state index in [1.54, 1.807) is 0 Å². The summed E-state index contributed by atoms with van der Waals surface area (Å²) in [7, 11) is 0. The van der Waals surface area contributed by atoms with Crippen LogP contribution in [0.3, 0.4) is 0 Å². The Morgan fingerprint density at radius 3 is 2.84 bits per heavy atom. The molecule has 0 spiro atoms. The topological polar surface area (TPSA) is 85.8 Å². The van der Waals surface area contributed by atoms with E-state index in [1.807, 2.05) is 6.92 Å². The van der Waals surface area contributed by atoms with Gasteiger partial charge in [0.05, 0.1) is 11.3 Å². The Hall–Kier alpha value is -2.23. The van der Waals surface area contributed by atoms with Gasteiger partial charge in [-0.3, -0.25) is 4.79 Å². The zero-order valence-electron chi connectivity index (χ0n) is 13.5. The van der Waals surface area contributed by atoms with E-state index in [0.29, 0.717) is 17.4 Å². The molecule has 0 aliphatic heterocycles. The molecule has 2 rings (SSSR count). The van der Waals surface area contributed by atoms with Crippen molar-refractivity contribution in [3.63, 3.8) is 0 Å². The third-order valence-electron chi connectivity index (χ3n) is 3.24. The third kappa shape index (κ3) is 5.66. The van der Waals surface area contributed by atoms with E-state index in [1.165, 1.54) is 16.9 Å². The molecule has 0 radical (unpaired) electrons. The fraction of sp³-hybridized carbons (Fsp3) is 0.400. The molecule has 1 aromatic heterocycles. The van der Waals surface area contributed by atoms with Crippen LogP contribution in [0.1, 0.15) is 31.2 Å². The Balaban J connectivity index is 1.91. The third-order valence-corrected chi connectivity index (χ3v) is 4.08. The minimum absolute atomic E-state index is 0.0342. The second kappa shape index (κ2) is 8.24. The number of thioether (sulfide) groups is 1. The summed E-state index contributed by atoms with van der Waals surface area (Å²) in [6.07, 6.45) is -1.84. The summed E-state index contributed by atoms with van der Waals surface area (Å²) in [5.41, 5.74) is -0.733. The summed E-state index contributed by atoms with van der Waals surface area (Å²) in [5, 5.41) is 6.79. The number of rotatable bonds is 7. The number of halogens is 3. The SMILES string of the molecule is CCCCc1nc(SCC(=O)Nc2cccc(C(F)(F)F)c2)nn1N. The molecule has 1 heterocycles. The number of nitrogen functional groups attached to an aromatic ring is 1. The summed E-state index contributed by atoms with van der Waals surface area (Å²) in [6, 6.07) is 4.47. The largest absolute Gasteiger partial charge is 0.416 e. The molecular weight excluding hydrogens is 355 g/mol. The van der Waals surface area contributed by atoms with Gasteiger partial charge in [-0.15, -0.1) is 5.10 Å². The molecule has 3 N–H and O–H groups in total. The molecule has 0 aliphatic rings. The van der Waals surface area contributed by atoms with Crippen LogP contribution in [0.15, 0.2) is 29.4 Å². The highest BCUT2D eigenvalue weighted by molar-refractivity contribution is 7.99. The van der Waals surface area contributed by atoms with Gasteiger partial charge in [-0.25, -0.2) is 4.98 Å². The first kappa shape index (κ1) is 19.1. The maximum absolute atomic E-state index is 12.7. The Morgan fingerprint density at radius 2 is 2.16 bits per heavy atom. The molecule has 0 unspecified atom stereocenters. The number of aryl methyl sites for hydroxylation is 1. The molecule has 0 fully saturated rings. The van der Waals surface area contributed by atoms with Gasteiger partial charge in [-0.05, 0) is 24.6 Å². The van der Waals surface area contributed by atoms with Gasteiger partial charge < -0.3 is 11.2 Å². The van der Waals surface area contributed by atoms with Crippen LogP contribution in [0, 0.1) is 0 Å². The molecule has 0 saturated carbocycles. The van der Waals surface area contributed by atoms with E-state index >= 15 is 0 Å². The van der Waals surface area contributed by atoms with Gasteiger partial charge in [0.15, 0.2) is 5.82 Å². The summed E-state index contributed by atoms with van der Waals surface area (Å²) < 4.78 is 38.0. The highest BCUT2D eigenvalue weighted by Gasteiger charge is 2.30. The molecule has 6 nitrogen and oxygen atoms in total. The predicted octanol–water partition coefficient (Wildman–Crippen LogP) is 3.08. The number of anilines is 1. The first-order valence-electron chi connectivity index (χ1n) is 7.60. The average molecular weight is 373 g/mol. The Bertz CT molecular complexity index is 732. The molecule has 1 amide bonds. The van der Waals surface area contributed by atoms with Crippen molar-refractivity contribution in [3.8, 4) is 0 Å². The van der Waals surface area contributed by atoms with E-state index < -0.39 is 17.6 Å². The Kier molecular flexibility index (Phi) is 6.29. The molecule has 25 heavy (non-hydrogen) atoms. The molecule has 2 aromatic rings. The van der Waals surface area contributed by atoms with Crippen molar-refractivity contribution in [2.75, 3.05) is 16.9 Å². The van der Waals surface area contributed by atoms with Crippen LogP contribution in [0.2, 0.25) is 0 Å². The fourth-order valence-corrected chi connectivity index (χ4v) is 2.65. The molecule has 1 aromatic carbocycles. The van der Waals surface area contributed by atoms with Crippen molar-refractivity contribution >= 4 is 23.4 Å². The van der Waals surface area contributed by atoms with Gasteiger partial charge >= 0.3 is 6.18 Å². The number of alkyl halides is 3. The zero-order chi connectivity index (χ0) is 18.4. The second-order valence-corrected chi connectivity index (χ2v) is 6.22. The van der Waals surface area contributed by atoms with Gasteiger partial charge in [0.2, 0.25) is 11.1 Å². The smallest absolute Gasteiger partial charge is 0.325 e. The van der Waals surface area contributed by atoms with E-state index in [-0.39, 0.29) is 11.4 Å². The second-order valence-electron chi connectivity index (χ2n) is 5.27. The van der Waals surface area contributed by atoms with E-state index in [9.17, 15) is 18.0 Å². The first-order valence-corrected chi connectivity index (χ1v) is 8.59. The highest BCUT2D eigenvalue weighted by atomic mass is 32.2. The van der Waals surface area contributed by atoms with Gasteiger partial charge in [-0.1, -0.05) is 31.2 Å². The van der Waals surface area contributed by atoms with Gasteiger partial charge in [0.1, 0.15) is 0 Å². The minimum atomic E-state index is -4.46. The number of hydrogen-bond donors (Lipinski definition) is 2. The quantitative estimate of drug-likeness (QED) is 0.575. The number of carbonyl (C=O) groups is 1. The number of hydrogen-bond acceptors (Lipinski definition) is 5. The molecule has 0 atom stereocenters. The fourth-order valence-electron chi connectivity index (χ4n) is 2.00. The highest BCUT2D eigenvalue weighted by Crippen LogP contribution is 2.30. The molecule has 0 saturated heterocycles. The number of aromatic nitrogens is 3. The molecular formula is C15H18F3N5OS.